The first-order valence-electron chi connectivity index (χ1n) is 4.94. The number of H-pyrrole nitrogens is 1. The fourth-order valence-corrected chi connectivity index (χ4v) is 2.40. The molecule has 0 aromatic carbocycles. The first-order valence-corrected chi connectivity index (χ1v) is 6.59. The number of aromatic amines is 1. The smallest absolute Gasteiger partial charge is 0.211 e. The summed E-state index contributed by atoms with van der Waals surface area (Å²) in [5.74, 6) is 0.170. The van der Waals surface area contributed by atoms with Gasteiger partial charge in [-0.05, 0) is 20.3 Å². The van der Waals surface area contributed by atoms with Crippen molar-refractivity contribution >= 4 is 10.0 Å². The lowest BCUT2D eigenvalue weighted by atomic mass is 10.2. The van der Waals surface area contributed by atoms with Gasteiger partial charge in [0.2, 0.25) is 10.0 Å². The fraction of sp³-hybridized carbons (Fsp3) is 0.667. The molecule has 0 unspecified atom stereocenters. The van der Waals surface area contributed by atoms with E-state index in [4.69, 9.17) is 0 Å². The molecule has 0 saturated carbocycles. The van der Waals surface area contributed by atoms with E-state index >= 15 is 0 Å². The second-order valence-electron chi connectivity index (χ2n) is 3.55. The van der Waals surface area contributed by atoms with Crippen molar-refractivity contribution in [1.29, 1.82) is 0 Å². The summed E-state index contributed by atoms with van der Waals surface area (Å²) in [6, 6.07) is 0. The largest absolute Gasteiger partial charge is 0.282 e. The van der Waals surface area contributed by atoms with E-state index in [2.05, 4.69) is 14.9 Å². The highest BCUT2D eigenvalue weighted by molar-refractivity contribution is 7.89. The van der Waals surface area contributed by atoms with Gasteiger partial charge in [-0.15, -0.1) is 0 Å². The van der Waals surface area contributed by atoms with Crippen LogP contribution >= 0.6 is 0 Å². The zero-order valence-corrected chi connectivity index (χ0v) is 10.1. The number of sulfonamides is 1. The number of nitrogens with one attached hydrogen (secondary N) is 2. The Labute approximate surface area is 90.3 Å². The Hall–Kier alpha value is -0.880. The minimum atomic E-state index is -3.13. The van der Waals surface area contributed by atoms with Crippen LogP contribution in [0, 0.1) is 13.8 Å². The lowest BCUT2D eigenvalue weighted by molar-refractivity contribution is 0.579. The summed E-state index contributed by atoms with van der Waals surface area (Å²) in [5, 5.41) is 6.82. The van der Waals surface area contributed by atoms with Gasteiger partial charge in [0, 0.05) is 17.8 Å². The van der Waals surface area contributed by atoms with Crippen molar-refractivity contribution in [1.82, 2.24) is 14.9 Å². The quantitative estimate of drug-likeness (QED) is 0.789. The average Bonchev–Trinajstić information content (AvgIpc) is 2.44. The van der Waals surface area contributed by atoms with E-state index < -0.39 is 10.0 Å². The Bertz CT molecular complexity index is 403. The van der Waals surface area contributed by atoms with E-state index in [-0.39, 0.29) is 5.75 Å². The van der Waals surface area contributed by atoms with Gasteiger partial charge in [0.05, 0.1) is 11.4 Å². The van der Waals surface area contributed by atoms with Crippen molar-refractivity contribution in [2.24, 2.45) is 0 Å². The zero-order valence-electron chi connectivity index (χ0n) is 9.29. The van der Waals surface area contributed by atoms with Crippen molar-refractivity contribution in [3.63, 3.8) is 0 Å². The van der Waals surface area contributed by atoms with Crippen molar-refractivity contribution in [3.05, 3.63) is 17.0 Å². The van der Waals surface area contributed by atoms with E-state index in [9.17, 15) is 8.42 Å². The SMILES string of the molecule is CCCS(=O)(=O)NCc1c(C)n[nH]c1C. The minimum absolute atomic E-state index is 0.170. The van der Waals surface area contributed by atoms with Gasteiger partial charge in [-0.3, -0.25) is 5.10 Å². The number of aromatic nitrogens is 2. The molecule has 1 aromatic heterocycles. The third kappa shape index (κ3) is 3.32. The topological polar surface area (TPSA) is 74.8 Å². The summed E-state index contributed by atoms with van der Waals surface area (Å²) in [7, 11) is -3.13. The summed E-state index contributed by atoms with van der Waals surface area (Å²) in [5.41, 5.74) is 2.67. The molecule has 0 amide bonds. The van der Waals surface area contributed by atoms with E-state index in [1.54, 1.807) is 0 Å². The molecule has 1 aromatic rings. The molecule has 0 aliphatic carbocycles. The second-order valence-corrected chi connectivity index (χ2v) is 5.48. The molecular weight excluding hydrogens is 214 g/mol. The number of rotatable bonds is 5. The fourth-order valence-electron chi connectivity index (χ4n) is 1.36. The van der Waals surface area contributed by atoms with E-state index in [0.29, 0.717) is 13.0 Å². The van der Waals surface area contributed by atoms with E-state index in [1.165, 1.54) is 0 Å². The number of aryl methyl sites for hydroxylation is 2. The monoisotopic (exact) mass is 231 g/mol. The van der Waals surface area contributed by atoms with Gasteiger partial charge >= 0.3 is 0 Å². The predicted molar refractivity (Wildman–Crippen MR) is 59.0 cm³/mol. The van der Waals surface area contributed by atoms with Crippen molar-refractivity contribution in [2.45, 2.75) is 33.7 Å². The maximum atomic E-state index is 11.4. The molecule has 1 heterocycles. The van der Waals surface area contributed by atoms with Gasteiger partial charge in [0.1, 0.15) is 0 Å². The first-order chi connectivity index (χ1) is 6.96. The lowest BCUT2D eigenvalue weighted by Gasteiger charge is -2.05. The lowest BCUT2D eigenvalue weighted by Crippen LogP contribution is -2.26. The summed E-state index contributed by atoms with van der Waals surface area (Å²) in [6.45, 7) is 5.89. The Kier molecular flexibility index (Phi) is 3.87. The molecule has 0 bridgehead atoms. The van der Waals surface area contributed by atoms with Crippen LogP contribution in [-0.4, -0.2) is 24.4 Å². The highest BCUT2D eigenvalue weighted by atomic mass is 32.2. The molecule has 5 nitrogen and oxygen atoms in total. The van der Waals surface area contributed by atoms with Gasteiger partial charge in [-0.25, -0.2) is 13.1 Å². The van der Waals surface area contributed by atoms with Crippen LogP contribution in [0.1, 0.15) is 30.3 Å². The summed E-state index contributed by atoms with van der Waals surface area (Å²) < 4.78 is 25.4. The van der Waals surface area contributed by atoms with Crippen LogP contribution in [0.2, 0.25) is 0 Å². The van der Waals surface area contributed by atoms with Crippen LogP contribution in [0.15, 0.2) is 0 Å². The molecule has 0 saturated heterocycles. The standard InChI is InChI=1S/C9H17N3O2S/c1-4-5-15(13,14)10-6-9-7(2)11-12-8(9)3/h10H,4-6H2,1-3H3,(H,11,12). The summed E-state index contributed by atoms with van der Waals surface area (Å²) >= 11 is 0. The highest BCUT2D eigenvalue weighted by Crippen LogP contribution is 2.08. The molecule has 6 heteroatoms. The van der Waals surface area contributed by atoms with Crippen LogP contribution in [0.4, 0.5) is 0 Å². The molecule has 1 rings (SSSR count). The maximum absolute atomic E-state index is 11.4. The molecule has 0 radical (unpaired) electrons. The Morgan fingerprint density at radius 3 is 2.53 bits per heavy atom. The van der Waals surface area contributed by atoms with Crippen LogP contribution in [0.3, 0.4) is 0 Å². The average molecular weight is 231 g/mol. The maximum Gasteiger partial charge on any atom is 0.211 e. The molecule has 0 aliphatic heterocycles. The van der Waals surface area contributed by atoms with Gasteiger partial charge in [0.25, 0.3) is 0 Å². The molecule has 0 spiro atoms. The van der Waals surface area contributed by atoms with Gasteiger partial charge < -0.3 is 0 Å². The predicted octanol–water partition coefficient (Wildman–Crippen LogP) is 0.856. The van der Waals surface area contributed by atoms with Crippen molar-refractivity contribution in [2.75, 3.05) is 5.75 Å². The molecule has 15 heavy (non-hydrogen) atoms. The zero-order chi connectivity index (χ0) is 11.5. The molecule has 2 N–H and O–H groups in total. The Morgan fingerprint density at radius 1 is 1.40 bits per heavy atom. The van der Waals surface area contributed by atoms with Gasteiger partial charge in [0.15, 0.2) is 0 Å². The Morgan fingerprint density at radius 2 is 2.07 bits per heavy atom. The van der Waals surface area contributed by atoms with Gasteiger partial charge in [-0.1, -0.05) is 6.92 Å². The number of hydrogen-bond donors (Lipinski definition) is 2. The molecule has 0 atom stereocenters. The summed E-state index contributed by atoms with van der Waals surface area (Å²) in [4.78, 5) is 0. The van der Waals surface area contributed by atoms with Crippen molar-refractivity contribution < 1.29 is 8.42 Å². The normalized spacial score (nSPS) is 11.9. The number of hydrogen-bond acceptors (Lipinski definition) is 3. The highest BCUT2D eigenvalue weighted by Gasteiger charge is 2.11. The van der Waals surface area contributed by atoms with Gasteiger partial charge in [-0.2, -0.15) is 5.10 Å². The molecule has 86 valence electrons. The third-order valence-electron chi connectivity index (χ3n) is 2.22. The second kappa shape index (κ2) is 4.76. The third-order valence-corrected chi connectivity index (χ3v) is 3.75. The van der Waals surface area contributed by atoms with Crippen LogP contribution in [0.5, 0.6) is 0 Å². The first kappa shape index (κ1) is 12.2. The molecule has 0 aliphatic rings. The van der Waals surface area contributed by atoms with Crippen LogP contribution in [-0.2, 0) is 16.6 Å². The van der Waals surface area contributed by atoms with E-state index in [1.807, 2.05) is 20.8 Å². The molecular formula is C9H17N3O2S. The van der Waals surface area contributed by atoms with Crippen LogP contribution in [0.25, 0.3) is 0 Å². The van der Waals surface area contributed by atoms with E-state index in [0.717, 1.165) is 17.0 Å². The number of nitrogens with zero attached hydrogens (tertiary/aromatic N) is 1. The minimum Gasteiger partial charge on any atom is -0.282 e. The van der Waals surface area contributed by atoms with Crippen LogP contribution < -0.4 is 4.72 Å². The van der Waals surface area contributed by atoms with Crippen molar-refractivity contribution in [3.8, 4) is 0 Å². The Balaban J connectivity index is 2.65. The molecule has 0 fully saturated rings. The summed E-state index contributed by atoms with van der Waals surface area (Å²) in [6.07, 6.45) is 0.624.